The summed E-state index contributed by atoms with van der Waals surface area (Å²) >= 11 is 6.41. The third-order valence-electron chi connectivity index (χ3n) is 3.01. The molecular formula is C17H15Cl. The summed E-state index contributed by atoms with van der Waals surface area (Å²) in [4.78, 5) is 0. The fourth-order valence-corrected chi connectivity index (χ4v) is 2.39. The van der Waals surface area contributed by atoms with Crippen molar-refractivity contribution in [2.75, 3.05) is 0 Å². The molecule has 0 heterocycles. The van der Waals surface area contributed by atoms with E-state index in [9.17, 15) is 0 Å². The van der Waals surface area contributed by atoms with E-state index in [2.05, 4.69) is 25.3 Å². The Kier molecular flexibility index (Phi) is 4.01. The van der Waals surface area contributed by atoms with Crippen molar-refractivity contribution in [3.05, 3.63) is 89.5 Å². The molecule has 0 aliphatic rings. The van der Waals surface area contributed by atoms with E-state index in [1.54, 1.807) is 6.08 Å². The van der Waals surface area contributed by atoms with Gasteiger partial charge in [0.05, 0.1) is 5.02 Å². The van der Waals surface area contributed by atoms with Gasteiger partial charge in [-0.1, -0.05) is 78.9 Å². The fraction of sp³-hybridized carbons (Fsp3) is 0.0588. The highest BCUT2D eigenvalue weighted by Gasteiger charge is 2.14. The van der Waals surface area contributed by atoms with E-state index in [1.165, 1.54) is 5.56 Å². The Morgan fingerprint density at radius 3 is 2.28 bits per heavy atom. The first-order valence-electron chi connectivity index (χ1n) is 5.86. The number of halogens is 1. The second kappa shape index (κ2) is 5.70. The molecule has 90 valence electrons. The van der Waals surface area contributed by atoms with Crippen LogP contribution >= 0.6 is 11.6 Å². The van der Waals surface area contributed by atoms with Crippen LogP contribution in [-0.4, -0.2) is 0 Å². The van der Waals surface area contributed by atoms with E-state index in [-0.39, 0.29) is 5.92 Å². The molecule has 1 heteroatoms. The first kappa shape index (κ1) is 12.7. The van der Waals surface area contributed by atoms with Crippen LogP contribution in [-0.2, 0) is 0 Å². The Balaban J connectivity index is 2.52. The van der Waals surface area contributed by atoms with Gasteiger partial charge in [-0.25, -0.2) is 0 Å². The van der Waals surface area contributed by atoms with Gasteiger partial charge in [-0.2, -0.15) is 0 Å². The Morgan fingerprint density at radius 2 is 1.67 bits per heavy atom. The van der Waals surface area contributed by atoms with Gasteiger partial charge < -0.3 is 0 Å². The molecule has 2 aromatic carbocycles. The molecular weight excluding hydrogens is 240 g/mol. The Bertz CT molecular complexity index is 555. The van der Waals surface area contributed by atoms with Crippen molar-refractivity contribution in [3.8, 4) is 0 Å². The molecule has 0 aromatic heterocycles. The van der Waals surface area contributed by atoms with Crippen LogP contribution in [0.1, 0.15) is 22.6 Å². The van der Waals surface area contributed by atoms with Crippen LogP contribution in [0, 0.1) is 0 Å². The summed E-state index contributed by atoms with van der Waals surface area (Å²) in [7, 11) is 0. The minimum absolute atomic E-state index is 0.110. The predicted molar refractivity (Wildman–Crippen MR) is 80.0 cm³/mol. The average molecular weight is 255 g/mol. The lowest BCUT2D eigenvalue weighted by molar-refractivity contribution is 1.03. The largest absolute Gasteiger partial charge is 0.102 e. The highest BCUT2D eigenvalue weighted by Crippen LogP contribution is 2.33. The smallest absolute Gasteiger partial charge is 0.0519 e. The Hall–Kier alpha value is -1.79. The first-order chi connectivity index (χ1) is 8.77. The minimum Gasteiger partial charge on any atom is -0.102 e. The normalized spacial score (nSPS) is 11.8. The zero-order chi connectivity index (χ0) is 13.0. The quantitative estimate of drug-likeness (QED) is 0.650. The molecule has 0 amide bonds. The van der Waals surface area contributed by atoms with Gasteiger partial charge in [0.1, 0.15) is 0 Å². The summed E-state index contributed by atoms with van der Waals surface area (Å²) in [6, 6.07) is 16.2. The zero-order valence-electron chi connectivity index (χ0n) is 10.1. The maximum atomic E-state index is 6.41. The minimum atomic E-state index is 0.110. The molecule has 2 rings (SSSR count). The van der Waals surface area contributed by atoms with E-state index in [1.807, 2.05) is 42.5 Å². The molecule has 0 N–H and O–H groups in total. The van der Waals surface area contributed by atoms with E-state index >= 15 is 0 Å². The molecule has 18 heavy (non-hydrogen) atoms. The second-order valence-electron chi connectivity index (χ2n) is 4.08. The van der Waals surface area contributed by atoms with Gasteiger partial charge >= 0.3 is 0 Å². The predicted octanol–water partition coefficient (Wildman–Crippen LogP) is 5.30. The van der Waals surface area contributed by atoms with Crippen LogP contribution < -0.4 is 0 Å². The monoisotopic (exact) mass is 254 g/mol. The standard InChI is InChI=1S/C17H15Cl/c1-3-13-11-8-12-16(17(13)18)15(4-2)14-9-6-5-7-10-14/h3-12,15H,1-2H2. The van der Waals surface area contributed by atoms with Crippen molar-refractivity contribution in [2.45, 2.75) is 5.92 Å². The van der Waals surface area contributed by atoms with Crippen molar-refractivity contribution in [2.24, 2.45) is 0 Å². The number of benzene rings is 2. The first-order valence-corrected chi connectivity index (χ1v) is 6.24. The summed E-state index contributed by atoms with van der Waals surface area (Å²) in [5, 5.41) is 0.751. The van der Waals surface area contributed by atoms with Gasteiger partial charge in [0.15, 0.2) is 0 Å². The number of hydrogen-bond acceptors (Lipinski definition) is 0. The van der Waals surface area contributed by atoms with Gasteiger partial charge in [-0.05, 0) is 16.7 Å². The van der Waals surface area contributed by atoms with Crippen molar-refractivity contribution in [1.29, 1.82) is 0 Å². The third-order valence-corrected chi connectivity index (χ3v) is 3.44. The van der Waals surface area contributed by atoms with Crippen LogP contribution in [0.5, 0.6) is 0 Å². The topological polar surface area (TPSA) is 0 Å². The Labute approximate surface area is 113 Å². The van der Waals surface area contributed by atoms with Gasteiger partial charge in [-0.15, -0.1) is 6.58 Å². The lowest BCUT2D eigenvalue weighted by Crippen LogP contribution is -1.99. The van der Waals surface area contributed by atoms with Crippen molar-refractivity contribution >= 4 is 17.7 Å². The van der Waals surface area contributed by atoms with Crippen LogP contribution in [0.15, 0.2) is 67.8 Å². The third kappa shape index (κ3) is 2.39. The van der Waals surface area contributed by atoms with Gasteiger partial charge in [0.25, 0.3) is 0 Å². The molecule has 0 radical (unpaired) electrons. The maximum absolute atomic E-state index is 6.41. The zero-order valence-corrected chi connectivity index (χ0v) is 10.9. The van der Waals surface area contributed by atoms with Crippen molar-refractivity contribution in [3.63, 3.8) is 0 Å². The van der Waals surface area contributed by atoms with E-state index < -0.39 is 0 Å². The molecule has 2 aromatic rings. The molecule has 0 aliphatic carbocycles. The van der Waals surface area contributed by atoms with Gasteiger partial charge in [0.2, 0.25) is 0 Å². The van der Waals surface area contributed by atoms with Crippen molar-refractivity contribution < 1.29 is 0 Å². The van der Waals surface area contributed by atoms with Crippen LogP contribution in [0.2, 0.25) is 5.02 Å². The SMILES string of the molecule is C=Cc1cccc(C(C=C)c2ccccc2)c1Cl. The fourth-order valence-electron chi connectivity index (χ4n) is 2.07. The summed E-state index contributed by atoms with van der Waals surface area (Å²) in [6.07, 6.45) is 3.69. The number of hydrogen-bond donors (Lipinski definition) is 0. The van der Waals surface area contributed by atoms with E-state index in [0.717, 1.165) is 16.1 Å². The molecule has 0 nitrogen and oxygen atoms in total. The van der Waals surface area contributed by atoms with Crippen LogP contribution in [0.4, 0.5) is 0 Å². The van der Waals surface area contributed by atoms with Crippen LogP contribution in [0.25, 0.3) is 6.08 Å². The maximum Gasteiger partial charge on any atom is 0.0519 e. The number of rotatable bonds is 4. The molecule has 0 fully saturated rings. The summed E-state index contributed by atoms with van der Waals surface area (Å²) in [6.45, 7) is 7.71. The molecule has 0 saturated heterocycles. The number of allylic oxidation sites excluding steroid dienone is 1. The highest BCUT2D eigenvalue weighted by atomic mass is 35.5. The molecule has 1 atom stereocenters. The average Bonchev–Trinajstić information content (AvgIpc) is 2.43. The van der Waals surface area contributed by atoms with E-state index in [0.29, 0.717) is 0 Å². The lowest BCUT2D eigenvalue weighted by atomic mass is 9.90. The summed E-state index contributed by atoms with van der Waals surface area (Å²) < 4.78 is 0. The second-order valence-corrected chi connectivity index (χ2v) is 4.46. The lowest BCUT2D eigenvalue weighted by Gasteiger charge is -2.16. The highest BCUT2D eigenvalue weighted by molar-refractivity contribution is 6.33. The van der Waals surface area contributed by atoms with Crippen LogP contribution in [0.3, 0.4) is 0 Å². The van der Waals surface area contributed by atoms with Crippen molar-refractivity contribution in [1.82, 2.24) is 0 Å². The molecule has 1 unspecified atom stereocenters. The molecule has 0 aliphatic heterocycles. The molecule has 0 spiro atoms. The van der Waals surface area contributed by atoms with Gasteiger partial charge in [-0.3, -0.25) is 0 Å². The van der Waals surface area contributed by atoms with Gasteiger partial charge in [0, 0.05) is 5.92 Å². The molecule has 0 saturated carbocycles. The molecule has 0 bridgehead atoms. The Morgan fingerprint density at radius 1 is 0.944 bits per heavy atom. The van der Waals surface area contributed by atoms with E-state index in [4.69, 9.17) is 11.6 Å². The summed E-state index contributed by atoms with van der Waals surface area (Å²) in [5.41, 5.74) is 3.21. The summed E-state index contributed by atoms with van der Waals surface area (Å²) in [5.74, 6) is 0.110.